The summed E-state index contributed by atoms with van der Waals surface area (Å²) in [6, 6.07) is 17.9. The summed E-state index contributed by atoms with van der Waals surface area (Å²) in [5.41, 5.74) is 3.70. The van der Waals surface area contributed by atoms with E-state index in [2.05, 4.69) is 27.8 Å². The van der Waals surface area contributed by atoms with Crippen molar-refractivity contribution >= 4 is 39.7 Å². The summed E-state index contributed by atoms with van der Waals surface area (Å²) in [4.78, 5) is 15.3. The quantitative estimate of drug-likeness (QED) is 0.513. The fourth-order valence-electron chi connectivity index (χ4n) is 3.01. The third kappa shape index (κ3) is 2.39. The van der Waals surface area contributed by atoms with Gasteiger partial charge in [0, 0.05) is 27.9 Å². The summed E-state index contributed by atoms with van der Waals surface area (Å²) < 4.78 is 2.21. The molecule has 0 bridgehead atoms. The lowest BCUT2D eigenvalue weighted by molar-refractivity contribution is 0.111. The number of carbonyl (C=O) groups excluding carboxylic acids is 1. The molecule has 0 amide bonds. The van der Waals surface area contributed by atoms with Gasteiger partial charge in [0.2, 0.25) is 0 Å². The fourth-order valence-corrected chi connectivity index (χ4v) is 3.23. The normalized spacial score (nSPS) is 11.2. The van der Waals surface area contributed by atoms with Gasteiger partial charge in [0.05, 0.1) is 11.7 Å². The number of pyridine rings is 1. The van der Waals surface area contributed by atoms with Crippen LogP contribution in [-0.4, -0.2) is 15.8 Å². The van der Waals surface area contributed by atoms with E-state index in [1.165, 1.54) is 0 Å². The molecule has 0 aliphatic rings. The highest BCUT2D eigenvalue weighted by Crippen LogP contribution is 2.29. The molecular formula is C19H13ClN2O. The molecule has 0 saturated carbocycles. The van der Waals surface area contributed by atoms with Crippen molar-refractivity contribution in [2.75, 3.05) is 0 Å². The molecule has 0 aliphatic heterocycles. The Kier molecular flexibility index (Phi) is 3.36. The van der Waals surface area contributed by atoms with Crippen LogP contribution in [-0.2, 0) is 6.54 Å². The third-order valence-electron chi connectivity index (χ3n) is 4.03. The molecule has 4 aromatic rings. The van der Waals surface area contributed by atoms with Gasteiger partial charge in [-0.05, 0) is 29.8 Å². The highest BCUT2D eigenvalue weighted by atomic mass is 35.5. The topological polar surface area (TPSA) is 34.9 Å². The van der Waals surface area contributed by atoms with Crippen LogP contribution in [0.2, 0.25) is 5.02 Å². The van der Waals surface area contributed by atoms with E-state index in [1.54, 1.807) is 6.20 Å². The van der Waals surface area contributed by atoms with Gasteiger partial charge in [0.25, 0.3) is 0 Å². The van der Waals surface area contributed by atoms with Gasteiger partial charge in [-0.15, -0.1) is 0 Å². The average molecular weight is 321 g/mol. The first-order valence-corrected chi connectivity index (χ1v) is 7.70. The van der Waals surface area contributed by atoms with Gasteiger partial charge >= 0.3 is 0 Å². The second kappa shape index (κ2) is 5.52. The van der Waals surface area contributed by atoms with Crippen molar-refractivity contribution in [2.45, 2.75) is 6.54 Å². The van der Waals surface area contributed by atoms with Crippen LogP contribution >= 0.6 is 11.6 Å². The number of aldehydes is 1. The molecule has 0 aliphatic carbocycles. The minimum Gasteiger partial charge on any atom is -0.335 e. The zero-order valence-electron chi connectivity index (χ0n) is 12.2. The van der Waals surface area contributed by atoms with Gasteiger partial charge < -0.3 is 4.57 Å². The summed E-state index contributed by atoms with van der Waals surface area (Å²) in [6.45, 7) is 0.701. The number of rotatable bonds is 3. The fraction of sp³-hybridized carbons (Fsp3) is 0.0526. The largest absolute Gasteiger partial charge is 0.335 e. The molecule has 2 heterocycles. The van der Waals surface area contributed by atoms with Crippen LogP contribution in [0.3, 0.4) is 0 Å². The van der Waals surface area contributed by atoms with Gasteiger partial charge in [-0.1, -0.05) is 41.9 Å². The number of carbonyl (C=O) groups is 1. The van der Waals surface area contributed by atoms with Crippen molar-refractivity contribution in [3.05, 3.63) is 77.1 Å². The molecule has 0 N–H and O–H groups in total. The van der Waals surface area contributed by atoms with Crippen molar-refractivity contribution in [1.29, 1.82) is 0 Å². The van der Waals surface area contributed by atoms with Crippen molar-refractivity contribution in [1.82, 2.24) is 9.55 Å². The lowest BCUT2D eigenvalue weighted by Crippen LogP contribution is -1.99. The number of halogens is 1. The van der Waals surface area contributed by atoms with Gasteiger partial charge in [-0.3, -0.25) is 9.78 Å². The van der Waals surface area contributed by atoms with E-state index < -0.39 is 0 Å². The molecule has 0 unspecified atom stereocenters. The second-order valence-corrected chi connectivity index (χ2v) is 5.91. The SMILES string of the molecule is O=Cc1cc2c3ccccc3n(Cc3cccc(Cl)c3)c2cn1. The number of hydrogen-bond donors (Lipinski definition) is 0. The predicted octanol–water partition coefficient (Wildman–Crippen LogP) is 4.70. The van der Waals surface area contributed by atoms with E-state index in [4.69, 9.17) is 11.6 Å². The Morgan fingerprint density at radius 2 is 1.87 bits per heavy atom. The maximum Gasteiger partial charge on any atom is 0.168 e. The molecule has 2 aromatic heterocycles. The molecule has 4 heteroatoms. The smallest absolute Gasteiger partial charge is 0.168 e. The monoisotopic (exact) mass is 320 g/mol. The molecule has 0 saturated heterocycles. The first-order chi connectivity index (χ1) is 11.3. The molecule has 0 radical (unpaired) electrons. The Morgan fingerprint density at radius 1 is 1.00 bits per heavy atom. The molecule has 112 valence electrons. The van der Waals surface area contributed by atoms with Gasteiger partial charge in [-0.25, -0.2) is 0 Å². The summed E-state index contributed by atoms with van der Waals surface area (Å²) >= 11 is 6.10. The summed E-state index contributed by atoms with van der Waals surface area (Å²) in [5.74, 6) is 0. The highest BCUT2D eigenvalue weighted by Gasteiger charge is 2.12. The number of para-hydroxylation sites is 1. The van der Waals surface area contributed by atoms with E-state index in [1.807, 2.05) is 36.4 Å². The van der Waals surface area contributed by atoms with Crippen molar-refractivity contribution in [3.63, 3.8) is 0 Å². The van der Waals surface area contributed by atoms with E-state index in [-0.39, 0.29) is 0 Å². The van der Waals surface area contributed by atoms with E-state index >= 15 is 0 Å². The molecule has 0 fully saturated rings. The minimum atomic E-state index is 0.447. The van der Waals surface area contributed by atoms with Gasteiger partial charge in [0.1, 0.15) is 5.69 Å². The van der Waals surface area contributed by atoms with Crippen LogP contribution in [0.25, 0.3) is 21.8 Å². The molecule has 3 nitrogen and oxygen atoms in total. The van der Waals surface area contributed by atoms with Crippen molar-refractivity contribution in [2.24, 2.45) is 0 Å². The number of benzene rings is 2. The van der Waals surface area contributed by atoms with Gasteiger partial charge in [0.15, 0.2) is 6.29 Å². The van der Waals surface area contributed by atoms with E-state index in [9.17, 15) is 4.79 Å². The Morgan fingerprint density at radius 3 is 2.70 bits per heavy atom. The van der Waals surface area contributed by atoms with Gasteiger partial charge in [-0.2, -0.15) is 0 Å². The molecule has 0 atom stereocenters. The van der Waals surface area contributed by atoms with Crippen molar-refractivity contribution < 1.29 is 4.79 Å². The van der Waals surface area contributed by atoms with Crippen molar-refractivity contribution in [3.8, 4) is 0 Å². The number of aromatic nitrogens is 2. The molecule has 23 heavy (non-hydrogen) atoms. The van der Waals surface area contributed by atoms with E-state index in [0.717, 1.165) is 38.7 Å². The summed E-state index contributed by atoms with van der Waals surface area (Å²) in [7, 11) is 0. The number of hydrogen-bond acceptors (Lipinski definition) is 2. The van der Waals surface area contributed by atoms with Crippen LogP contribution in [0.15, 0.2) is 60.8 Å². The second-order valence-electron chi connectivity index (χ2n) is 5.48. The maximum atomic E-state index is 11.0. The predicted molar refractivity (Wildman–Crippen MR) is 93.2 cm³/mol. The van der Waals surface area contributed by atoms with Crippen LogP contribution < -0.4 is 0 Å². The third-order valence-corrected chi connectivity index (χ3v) is 4.27. The maximum absolute atomic E-state index is 11.0. The molecule has 2 aromatic carbocycles. The van der Waals surface area contributed by atoms with Crippen LogP contribution in [0.4, 0.5) is 0 Å². The Balaban J connectivity index is 1.98. The lowest BCUT2D eigenvalue weighted by atomic mass is 10.2. The van der Waals surface area contributed by atoms with E-state index in [0.29, 0.717) is 12.2 Å². The zero-order valence-corrected chi connectivity index (χ0v) is 13.0. The number of nitrogens with zero attached hydrogens (tertiary/aromatic N) is 2. The Bertz CT molecular complexity index is 1040. The zero-order chi connectivity index (χ0) is 15.8. The van der Waals surface area contributed by atoms with Crippen LogP contribution in [0.1, 0.15) is 16.1 Å². The molecular weight excluding hydrogens is 308 g/mol. The Labute approximate surface area is 138 Å². The lowest BCUT2D eigenvalue weighted by Gasteiger charge is -2.08. The Hall–Kier alpha value is -2.65. The molecule has 0 spiro atoms. The first-order valence-electron chi connectivity index (χ1n) is 7.33. The highest BCUT2D eigenvalue weighted by molar-refractivity contribution is 6.30. The van der Waals surface area contributed by atoms with Crippen LogP contribution in [0.5, 0.6) is 0 Å². The summed E-state index contributed by atoms with van der Waals surface area (Å²) in [5, 5.41) is 2.89. The minimum absolute atomic E-state index is 0.447. The average Bonchev–Trinajstić information content (AvgIpc) is 2.89. The molecule has 4 rings (SSSR count). The first kappa shape index (κ1) is 14.0. The van der Waals surface area contributed by atoms with Crippen LogP contribution in [0, 0.1) is 0 Å². The standard InChI is InChI=1S/C19H13ClN2O/c20-14-5-3-4-13(8-14)11-22-18-7-2-1-6-16(18)17-9-15(12-23)21-10-19(17)22/h1-10,12H,11H2. The number of fused-ring (bicyclic) bond motifs is 3. The summed E-state index contributed by atoms with van der Waals surface area (Å²) in [6.07, 6.45) is 2.55.